The number of guanidine groups is 1. The van der Waals surface area contributed by atoms with Crippen molar-refractivity contribution in [1.82, 2.24) is 10.6 Å². The fourth-order valence-corrected chi connectivity index (χ4v) is 2.07. The highest BCUT2D eigenvalue weighted by Gasteiger charge is 2.05. The normalized spacial score (nSPS) is 10.9. The predicted octanol–water partition coefficient (Wildman–Crippen LogP) is 3.13. The van der Waals surface area contributed by atoms with Crippen molar-refractivity contribution in [3.05, 3.63) is 35.9 Å². The SMILES string of the molecule is CCNC(=NCCCc1ccccc1)NCCC(=O)OC(C)C.I. The summed E-state index contributed by atoms with van der Waals surface area (Å²) < 4.78 is 5.10. The second-order valence-electron chi connectivity index (χ2n) is 5.57. The molecule has 0 saturated heterocycles. The third-order valence-corrected chi connectivity index (χ3v) is 3.07. The topological polar surface area (TPSA) is 62.7 Å². The van der Waals surface area contributed by atoms with Gasteiger partial charge in [-0.15, -0.1) is 24.0 Å². The first-order chi connectivity index (χ1) is 11.1. The van der Waals surface area contributed by atoms with Crippen molar-refractivity contribution in [3.63, 3.8) is 0 Å². The van der Waals surface area contributed by atoms with E-state index < -0.39 is 0 Å². The first-order valence-electron chi connectivity index (χ1n) is 8.37. The lowest BCUT2D eigenvalue weighted by Crippen LogP contribution is -2.38. The Balaban J connectivity index is 0.00000529. The number of ether oxygens (including phenoxy) is 1. The molecule has 0 aliphatic carbocycles. The third-order valence-electron chi connectivity index (χ3n) is 3.07. The second kappa shape index (κ2) is 14.1. The van der Waals surface area contributed by atoms with Crippen molar-refractivity contribution >= 4 is 35.9 Å². The molecule has 1 aromatic rings. The summed E-state index contributed by atoms with van der Waals surface area (Å²) in [6.07, 6.45) is 2.29. The summed E-state index contributed by atoms with van der Waals surface area (Å²) in [6, 6.07) is 10.4. The summed E-state index contributed by atoms with van der Waals surface area (Å²) in [5.41, 5.74) is 1.33. The number of carbonyl (C=O) groups is 1. The van der Waals surface area contributed by atoms with Crippen LogP contribution in [0.4, 0.5) is 0 Å². The fraction of sp³-hybridized carbons (Fsp3) is 0.556. The van der Waals surface area contributed by atoms with Crippen LogP contribution in [0.25, 0.3) is 0 Å². The Labute approximate surface area is 162 Å². The average Bonchev–Trinajstić information content (AvgIpc) is 2.51. The van der Waals surface area contributed by atoms with Crippen LogP contribution in [0.2, 0.25) is 0 Å². The molecule has 2 N–H and O–H groups in total. The van der Waals surface area contributed by atoms with E-state index in [-0.39, 0.29) is 36.0 Å². The molecule has 0 fully saturated rings. The second-order valence-corrected chi connectivity index (χ2v) is 5.57. The van der Waals surface area contributed by atoms with Crippen molar-refractivity contribution in [2.45, 2.75) is 46.1 Å². The lowest BCUT2D eigenvalue weighted by Gasteiger charge is -2.12. The highest BCUT2D eigenvalue weighted by Crippen LogP contribution is 2.02. The van der Waals surface area contributed by atoms with Crippen molar-refractivity contribution < 1.29 is 9.53 Å². The van der Waals surface area contributed by atoms with Crippen molar-refractivity contribution in [1.29, 1.82) is 0 Å². The van der Waals surface area contributed by atoms with E-state index in [1.54, 1.807) is 0 Å². The van der Waals surface area contributed by atoms with Gasteiger partial charge in [0.25, 0.3) is 0 Å². The summed E-state index contributed by atoms with van der Waals surface area (Å²) in [4.78, 5) is 16.0. The van der Waals surface area contributed by atoms with Crippen LogP contribution in [0.5, 0.6) is 0 Å². The zero-order valence-electron chi connectivity index (χ0n) is 14.9. The zero-order chi connectivity index (χ0) is 16.9. The lowest BCUT2D eigenvalue weighted by molar-refractivity contribution is -0.147. The van der Waals surface area contributed by atoms with Crippen LogP contribution in [0, 0.1) is 0 Å². The van der Waals surface area contributed by atoms with Gasteiger partial charge in [-0.1, -0.05) is 30.3 Å². The number of hydrogen-bond donors (Lipinski definition) is 2. The number of halogens is 1. The van der Waals surface area contributed by atoms with Gasteiger partial charge in [-0.25, -0.2) is 0 Å². The monoisotopic (exact) mass is 447 g/mol. The molecule has 0 aliphatic rings. The van der Waals surface area contributed by atoms with E-state index in [1.165, 1.54) is 5.56 Å². The molecule has 0 saturated carbocycles. The van der Waals surface area contributed by atoms with Gasteiger partial charge in [0.1, 0.15) is 0 Å². The number of carbonyl (C=O) groups excluding carboxylic acids is 1. The van der Waals surface area contributed by atoms with Gasteiger partial charge in [0.15, 0.2) is 5.96 Å². The number of aliphatic imine (C=N–C) groups is 1. The van der Waals surface area contributed by atoms with E-state index in [4.69, 9.17) is 4.74 Å². The van der Waals surface area contributed by atoms with E-state index in [2.05, 4.69) is 39.9 Å². The predicted molar refractivity (Wildman–Crippen MR) is 110 cm³/mol. The Morgan fingerprint density at radius 1 is 1.21 bits per heavy atom. The largest absolute Gasteiger partial charge is 0.463 e. The van der Waals surface area contributed by atoms with Crippen molar-refractivity contribution in [3.8, 4) is 0 Å². The van der Waals surface area contributed by atoms with E-state index in [1.807, 2.05) is 26.8 Å². The fourth-order valence-electron chi connectivity index (χ4n) is 2.07. The van der Waals surface area contributed by atoms with Crippen molar-refractivity contribution in [2.24, 2.45) is 4.99 Å². The van der Waals surface area contributed by atoms with E-state index in [9.17, 15) is 4.79 Å². The van der Waals surface area contributed by atoms with Crippen molar-refractivity contribution in [2.75, 3.05) is 19.6 Å². The number of benzene rings is 1. The molecule has 0 radical (unpaired) electrons. The molecule has 0 unspecified atom stereocenters. The Kier molecular flexibility index (Phi) is 13.3. The molecule has 1 rings (SSSR count). The van der Waals surface area contributed by atoms with E-state index in [0.29, 0.717) is 13.0 Å². The van der Waals surface area contributed by atoms with Gasteiger partial charge < -0.3 is 15.4 Å². The van der Waals surface area contributed by atoms with E-state index >= 15 is 0 Å². The van der Waals surface area contributed by atoms with Gasteiger partial charge in [-0.05, 0) is 39.2 Å². The zero-order valence-corrected chi connectivity index (χ0v) is 17.2. The Morgan fingerprint density at radius 2 is 1.92 bits per heavy atom. The van der Waals surface area contributed by atoms with Crippen LogP contribution in [0.15, 0.2) is 35.3 Å². The summed E-state index contributed by atoms with van der Waals surface area (Å²) in [6.45, 7) is 7.79. The van der Waals surface area contributed by atoms with Crippen LogP contribution in [0.1, 0.15) is 39.2 Å². The highest BCUT2D eigenvalue weighted by molar-refractivity contribution is 14.0. The minimum Gasteiger partial charge on any atom is -0.463 e. The van der Waals surface area contributed by atoms with Gasteiger partial charge in [-0.3, -0.25) is 9.79 Å². The van der Waals surface area contributed by atoms with Crippen LogP contribution in [-0.2, 0) is 16.0 Å². The Bertz CT molecular complexity index is 478. The summed E-state index contributed by atoms with van der Waals surface area (Å²) in [5.74, 6) is 0.560. The maximum atomic E-state index is 11.5. The number of rotatable bonds is 9. The van der Waals surface area contributed by atoms with Gasteiger partial charge in [0.2, 0.25) is 0 Å². The van der Waals surface area contributed by atoms with Gasteiger partial charge >= 0.3 is 5.97 Å². The third kappa shape index (κ3) is 11.3. The molecule has 0 heterocycles. The van der Waals surface area contributed by atoms with Gasteiger partial charge in [-0.2, -0.15) is 0 Å². The Morgan fingerprint density at radius 3 is 2.54 bits per heavy atom. The molecular formula is C18H30IN3O2. The smallest absolute Gasteiger partial charge is 0.307 e. The number of aryl methyl sites for hydroxylation is 1. The number of nitrogens with one attached hydrogen (secondary N) is 2. The van der Waals surface area contributed by atoms with Crippen LogP contribution < -0.4 is 10.6 Å². The molecule has 0 spiro atoms. The standard InChI is InChI=1S/C18H29N3O2.HI/c1-4-19-18(21-14-12-17(22)23-15(2)3)20-13-8-11-16-9-6-5-7-10-16;/h5-7,9-10,15H,4,8,11-14H2,1-3H3,(H2,19,20,21);1H. The van der Waals surface area contributed by atoms with Crippen LogP contribution >= 0.6 is 24.0 Å². The maximum Gasteiger partial charge on any atom is 0.307 e. The summed E-state index contributed by atoms with van der Waals surface area (Å²) >= 11 is 0. The van der Waals surface area contributed by atoms with Crippen LogP contribution in [-0.4, -0.2) is 37.7 Å². The molecule has 6 heteroatoms. The lowest BCUT2D eigenvalue weighted by atomic mass is 10.1. The number of esters is 1. The van der Waals surface area contributed by atoms with Gasteiger partial charge in [0.05, 0.1) is 12.5 Å². The average molecular weight is 447 g/mol. The molecule has 24 heavy (non-hydrogen) atoms. The van der Waals surface area contributed by atoms with E-state index in [0.717, 1.165) is 31.9 Å². The minimum absolute atomic E-state index is 0. The maximum absolute atomic E-state index is 11.5. The molecule has 136 valence electrons. The molecule has 5 nitrogen and oxygen atoms in total. The number of hydrogen-bond acceptors (Lipinski definition) is 3. The molecule has 0 amide bonds. The summed E-state index contributed by atoms with van der Waals surface area (Å²) in [7, 11) is 0. The molecule has 0 aromatic heterocycles. The molecule has 0 aliphatic heterocycles. The molecule has 0 bridgehead atoms. The first kappa shape index (κ1) is 22.7. The molecular weight excluding hydrogens is 417 g/mol. The Hall–Kier alpha value is -1.31. The molecule has 1 aromatic carbocycles. The minimum atomic E-state index is -0.188. The molecule has 0 atom stereocenters. The van der Waals surface area contributed by atoms with Gasteiger partial charge in [0, 0.05) is 19.6 Å². The highest BCUT2D eigenvalue weighted by atomic mass is 127. The quantitative estimate of drug-likeness (QED) is 0.201. The number of nitrogens with zero attached hydrogens (tertiary/aromatic N) is 1. The summed E-state index contributed by atoms with van der Waals surface area (Å²) in [5, 5.41) is 6.34. The first-order valence-corrected chi connectivity index (χ1v) is 8.37. The van der Waals surface area contributed by atoms with Crippen LogP contribution in [0.3, 0.4) is 0 Å².